The standard InChI is InChI=1S/C16H22ClN3O3/c1-19(16(22)11-20-7-3-4-8-20)10-15(21)18-13-9-12(17)5-6-14(13)23-2/h5-6,9H,3-4,7-8,10-11H2,1-2H3,(H,18,21)/p+1. The van der Waals surface area contributed by atoms with Gasteiger partial charge in [-0.1, -0.05) is 11.6 Å². The van der Waals surface area contributed by atoms with Gasteiger partial charge in [-0.2, -0.15) is 0 Å². The number of nitrogens with zero attached hydrogens (tertiary/aromatic N) is 1. The number of nitrogens with one attached hydrogen (secondary N) is 2. The molecule has 0 radical (unpaired) electrons. The molecular weight excluding hydrogens is 318 g/mol. The highest BCUT2D eigenvalue weighted by Gasteiger charge is 2.22. The van der Waals surface area contributed by atoms with Gasteiger partial charge in [-0.3, -0.25) is 9.59 Å². The van der Waals surface area contributed by atoms with Crippen LogP contribution in [0.3, 0.4) is 0 Å². The van der Waals surface area contributed by atoms with Gasteiger partial charge in [0, 0.05) is 24.9 Å². The molecule has 23 heavy (non-hydrogen) atoms. The van der Waals surface area contributed by atoms with E-state index in [1.807, 2.05) is 0 Å². The van der Waals surface area contributed by atoms with E-state index in [4.69, 9.17) is 16.3 Å². The molecule has 0 aromatic heterocycles. The van der Waals surface area contributed by atoms with Crippen LogP contribution < -0.4 is 15.0 Å². The number of ether oxygens (including phenoxy) is 1. The van der Waals surface area contributed by atoms with E-state index in [2.05, 4.69) is 5.32 Å². The SMILES string of the molecule is COc1ccc(Cl)cc1NC(=O)CN(C)C(=O)C[NH+]1CCCC1. The summed E-state index contributed by atoms with van der Waals surface area (Å²) < 4.78 is 5.19. The third-order valence-corrected chi connectivity index (χ3v) is 4.19. The van der Waals surface area contributed by atoms with Gasteiger partial charge in [0.05, 0.1) is 32.4 Å². The molecule has 1 aromatic rings. The van der Waals surface area contributed by atoms with Gasteiger partial charge in [0.1, 0.15) is 5.75 Å². The fourth-order valence-corrected chi connectivity index (χ4v) is 2.84. The Hall–Kier alpha value is -1.79. The summed E-state index contributed by atoms with van der Waals surface area (Å²) in [6.07, 6.45) is 2.34. The first-order valence-electron chi connectivity index (χ1n) is 7.70. The van der Waals surface area contributed by atoms with Gasteiger partial charge in [0.2, 0.25) is 5.91 Å². The van der Waals surface area contributed by atoms with Crippen LogP contribution in [0.4, 0.5) is 5.69 Å². The Morgan fingerprint density at radius 2 is 2.04 bits per heavy atom. The molecule has 2 N–H and O–H groups in total. The molecule has 7 heteroatoms. The van der Waals surface area contributed by atoms with Crippen molar-refractivity contribution in [1.82, 2.24) is 4.90 Å². The molecular formula is C16H23ClN3O3+. The molecule has 1 fully saturated rings. The molecule has 2 rings (SSSR count). The van der Waals surface area contributed by atoms with Crippen LogP contribution in [0, 0.1) is 0 Å². The third-order valence-electron chi connectivity index (χ3n) is 3.95. The maximum atomic E-state index is 12.1. The molecule has 1 aliphatic heterocycles. The number of hydrogen-bond acceptors (Lipinski definition) is 3. The second kappa shape index (κ2) is 8.17. The first-order chi connectivity index (χ1) is 11.0. The van der Waals surface area contributed by atoms with Crippen LogP contribution in [0.2, 0.25) is 5.02 Å². The normalized spacial score (nSPS) is 14.6. The van der Waals surface area contributed by atoms with Crippen molar-refractivity contribution in [3.63, 3.8) is 0 Å². The van der Waals surface area contributed by atoms with Crippen molar-refractivity contribution >= 4 is 29.1 Å². The summed E-state index contributed by atoms with van der Waals surface area (Å²) in [4.78, 5) is 27.0. The number of carbonyl (C=O) groups excluding carboxylic acids is 2. The highest BCUT2D eigenvalue weighted by molar-refractivity contribution is 6.31. The van der Waals surface area contributed by atoms with Gasteiger partial charge in [-0.15, -0.1) is 0 Å². The smallest absolute Gasteiger partial charge is 0.277 e. The first-order valence-corrected chi connectivity index (χ1v) is 8.08. The van der Waals surface area contributed by atoms with Crippen LogP contribution >= 0.6 is 11.6 Å². The van der Waals surface area contributed by atoms with Crippen molar-refractivity contribution in [2.24, 2.45) is 0 Å². The summed E-state index contributed by atoms with van der Waals surface area (Å²) in [7, 11) is 3.17. The average molecular weight is 341 g/mol. The molecule has 2 amide bonds. The van der Waals surface area contributed by atoms with E-state index in [9.17, 15) is 9.59 Å². The Morgan fingerprint density at radius 3 is 2.70 bits per heavy atom. The number of rotatable bonds is 6. The maximum absolute atomic E-state index is 12.1. The highest BCUT2D eigenvalue weighted by Crippen LogP contribution is 2.27. The predicted octanol–water partition coefficient (Wildman–Crippen LogP) is 0.424. The molecule has 126 valence electrons. The van der Waals surface area contributed by atoms with E-state index in [-0.39, 0.29) is 18.4 Å². The van der Waals surface area contributed by atoms with Crippen molar-refractivity contribution in [3.8, 4) is 5.75 Å². The van der Waals surface area contributed by atoms with Crippen molar-refractivity contribution in [3.05, 3.63) is 23.2 Å². The molecule has 0 bridgehead atoms. The fourth-order valence-electron chi connectivity index (χ4n) is 2.67. The van der Waals surface area contributed by atoms with Crippen LogP contribution in [-0.2, 0) is 9.59 Å². The minimum absolute atomic E-state index is 0.00177. The van der Waals surface area contributed by atoms with Crippen molar-refractivity contribution in [2.45, 2.75) is 12.8 Å². The zero-order valence-electron chi connectivity index (χ0n) is 13.5. The Balaban J connectivity index is 1.88. The number of carbonyl (C=O) groups is 2. The molecule has 1 saturated heterocycles. The van der Waals surface area contributed by atoms with E-state index in [0.29, 0.717) is 23.0 Å². The van der Waals surface area contributed by atoms with Crippen LogP contribution in [0.5, 0.6) is 5.75 Å². The average Bonchev–Trinajstić information content (AvgIpc) is 3.00. The fraction of sp³-hybridized carbons (Fsp3) is 0.500. The van der Waals surface area contributed by atoms with Gasteiger partial charge in [-0.05, 0) is 18.2 Å². The van der Waals surface area contributed by atoms with Crippen LogP contribution in [0.1, 0.15) is 12.8 Å². The molecule has 0 aliphatic carbocycles. The Labute approximate surface area is 141 Å². The second-order valence-electron chi connectivity index (χ2n) is 5.78. The number of hydrogen-bond donors (Lipinski definition) is 2. The highest BCUT2D eigenvalue weighted by atomic mass is 35.5. The van der Waals surface area contributed by atoms with E-state index in [1.54, 1.807) is 25.2 Å². The molecule has 0 saturated carbocycles. The number of quaternary nitrogens is 1. The molecule has 6 nitrogen and oxygen atoms in total. The Kier molecular flexibility index (Phi) is 6.24. The van der Waals surface area contributed by atoms with E-state index < -0.39 is 0 Å². The number of amides is 2. The number of likely N-dealkylation sites (N-methyl/N-ethyl adjacent to an activating group) is 1. The quantitative estimate of drug-likeness (QED) is 0.789. The number of methoxy groups -OCH3 is 1. The Bertz CT molecular complexity index is 574. The lowest BCUT2D eigenvalue weighted by Crippen LogP contribution is -3.11. The van der Waals surface area contributed by atoms with Gasteiger partial charge in [0.15, 0.2) is 6.54 Å². The summed E-state index contributed by atoms with van der Waals surface area (Å²) in [5.74, 6) is 0.228. The van der Waals surface area contributed by atoms with E-state index in [0.717, 1.165) is 13.1 Å². The Morgan fingerprint density at radius 1 is 1.35 bits per heavy atom. The molecule has 0 spiro atoms. The minimum Gasteiger partial charge on any atom is -0.495 e. The zero-order valence-corrected chi connectivity index (χ0v) is 14.3. The lowest BCUT2D eigenvalue weighted by molar-refractivity contribution is -0.879. The summed E-state index contributed by atoms with van der Waals surface area (Å²) in [6, 6.07) is 4.99. The second-order valence-corrected chi connectivity index (χ2v) is 6.21. The number of anilines is 1. The van der Waals surface area contributed by atoms with Gasteiger partial charge < -0.3 is 19.9 Å². The largest absolute Gasteiger partial charge is 0.495 e. The summed E-state index contributed by atoms with van der Waals surface area (Å²) in [5.41, 5.74) is 0.496. The third kappa shape index (κ3) is 5.11. The molecule has 1 aliphatic rings. The van der Waals surface area contributed by atoms with E-state index in [1.165, 1.54) is 29.8 Å². The minimum atomic E-state index is -0.280. The number of likely N-dealkylation sites (tertiary alicyclic amines) is 1. The lowest BCUT2D eigenvalue weighted by Gasteiger charge is -2.19. The van der Waals surface area contributed by atoms with Crippen LogP contribution in [0.15, 0.2) is 18.2 Å². The summed E-state index contributed by atoms with van der Waals surface area (Å²) in [5, 5.41) is 3.24. The van der Waals surface area contributed by atoms with Gasteiger partial charge in [-0.25, -0.2) is 0 Å². The topological polar surface area (TPSA) is 63.1 Å². The van der Waals surface area contributed by atoms with Gasteiger partial charge in [0.25, 0.3) is 5.91 Å². The summed E-state index contributed by atoms with van der Waals surface area (Å²) in [6.45, 7) is 2.52. The van der Waals surface area contributed by atoms with Crippen LogP contribution in [-0.4, -0.2) is 57.1 Å². The predicted molar refractivity (Wildman–Crippen MR) is 89.1 cm³/mol. The summed E-state index contributed by atoms with van der Waals surface area (Å²) >= 11 is 5.93. The van der Waals surface area contributed by atoms with E-state index >= 15 is 0 Å². The molecule has 1 aromatic carbocycles. The molecule has 0 unspecified atom stereocenters. The first kappa shape index (κ1) is 17.6. The van der Waals surface area contributed by atoms with Crippen molar-refractivity contribution < 1.29 is 19.2 Å². The lowest BCUT2D eigenvalue weighted by atomic mass is 10.3. The molecule has 0 atom stereocenters. The number of halogens is 1. The maximum Gasteiger partial charge on any atom is 0.277 e. The monoisotopic (exact) mass is 340 g/mol. The van der Waals surface area contributed by atoms with Crippen molar-refractivity contribution in [1.29, 1.82) is 0 Å². The van der Waals surface area contributed by atoms with Crippen molar-refractivity contribution in [2.75, 3.05) is 45.7 Å². The van der Waals surface area contributed by atoms with Crippen LogP contribution in [0.25, 0.3) is 0 Å². The van der Waals surface area contributed by atoms with Gasteiger partial charge >= 0.3 is 0 Å². The molecule has 1 heterocycles. The zero-order chi connectivity index (χ0) is 16.8. The number of benzene rings is 1.